The second-order valence-corrected chi connectivity index (χ2v) is 7.10. The fourth-order valence-corrected chi connectivity index (χ4v) is 3.48. The summed E-state index contributed by atoms with van der Waals surface area (Å²) < 4.78 is 6.81. The number of amides is 1. The van der Waals surface area contributed by atoms with Gasteiger partial charge < -0.3 is 9.73 Å². The number of benzene rings is 2. The van der Waals surface area contributed by atoms with E-state index in [-0.39, 0.29) is 11.7 Å². The van der Waals surface area contributed by atoms with Crippen LogP contribution in [0.3, 0.4) is 0 Å². The van der Waals surface area contributed by atoms with Gasteiger partial charge in [-0.1, -0.05) is 50.2 Å². The highest BCUT2D eigenvalue weighted by Gasteiger charge is 2.10. The van der Waals surface area contributed by atoms with E-state index in [0.717, 1.165) is 30.7 Å². The Kier molecular flexibility index (Phi) is 7.25. The number of fused-ring (bicyclic) bond motifs is 1. The van der Waals surface area contributed by atoms with E-state index in [0.29, 0.717) is 31.5 Å². The van der Waals surface area contributed by atoms with Crippen molar-refractivity contribution in [1.82, 2.24) is 14.8 Å². The van der Waals surface area contributed by atoms with Crippen molar-refractivity contribution in [3.05, 3.63) is 70.2 Å². The number of aryl methyl sites for hydroxylation is 1. The van der Waals surface area contributed by atoms with Crippen molar-refractivity contribution in [3.8, 4) is 0 Å². The molecule has 29 heavy (non-hydrogen) atoms. The SMILES string of the molecule is CCN(CC)Cc1ccccc1CNC(=O)CCCn1c(=O)oc2ccccc21. The topological polar surface area (TPSA) is 67.5 Å². The molecule has 154 valence electrons. The smallest absolute Gasteiger partial charge is 0.408 e. The molecule has 1 heterocycles. The minimum Gasteiger partial charge on any atom is -0.408 e. The minimum atomic E-state index is -0.378. The summed E-state index contributed by atoms with van der Waals surface area (Å²) in [5, 5.41) is 3.01. The zero-order chi connectivity index (χ0) is 20.6. The van der Waals surface area contributed by atoms with Crippen LogP contribution in [-0.2, 0) is 24.4 Å². The summed E-state index contributed by atoms with van der Waals surface area (Å²) in [7, 11) is 0. The van der Waals surface area contributed by atoms with Crippen LogP contribution in [-0.4, -0.2) is 28.5 Å². The Bertz CT molecular complexity index is 1000. The van der Waals surface area contributed by atoms with Crippen LogP contribution in [0.25, 0.3) is 11.1 Å². The molecular weight excluding hydrogens is 366 g/mol. The Morgan fingerprint density at radius 3 is 2.48 bits per heavy atom. The van der Waals surface area contributed by atoms with Crippen LogP contribution >= 0.6 is 0 Å². The monoisotopic (exact) mass is 395 g/mol. The van der Waals surface area contributed by atoms with E-state index in [9.17, 15) is 9.59 Å². The number of carbonyl (C=O) groups is 1. The van der Waals surface area contributed by atoms with Crippen molar-refractivity contribution in [2.24, 2.45) is 0 Å². The summed E-state index contributed by atoms with van der Waals surface area (Å²) in [5.74, 6) is -0.388. The number of aromatic nitrogens is 1. The first-order valence-electron chi connectivity index (χ1n) is 10.3. The molecule has 3 rings (SSSR count). The number of nitrogens with one attached hydrogen (secondary N) is 1. The van der Waals surface area contributed by atoms with Gasteiger partial charge in [0.2, 0.25) is 5.91 Å². The summed E-state index contributed by atoms with van der Waals surface area (Å²) in [6.07, 6.45) is 0.945. The Morgan fingerprint density at radius 1 is 1.03 bits per heavy atom. The molecule has 1 amide bonds. The maximum atomic E-state index is 12.3. The summed E-state index contributed by atoms with van der Waals surface area (Å²) in [6.45, 7) is 8.17. The molecule has 1 N–H and O–H groups in total. The zero-order valence-electron chi connectivity index (χ0n) is 17.2. The normalized spacial score (nSPS) is 11.3. The summed E-state index contributed by atoms with van der Waals surface area (Å²) in [4.78, 5) is 26.7. The molecule has 0 unspecified atom stereocenters. The van der Waals surface area contributed by atoms with Crippen molar-refractivity contribution >= 4 is 17.0 Å². The van der Waals surface area contributed by atoms with Gasteiger partial charge in [0.15, 0.2) is 5.58 Å². The summed E-state index contributed by atoms with van der Waals surface area (Å²) >= 11 is 0. The van der Waals surface area contributed by atoms with Gasteiger partial charge in [0.25, 0.3) is 0 Å². The van der Waals surface area contributed by atoms with Gasteiger partial charge in [0.1, 0.15) is 0 Å². The highest BCUT2D eigenvalue weighted by Crippen LogP contribution is 2.13. The molecule has 0 saturated carbocycles. The molecule has 0 saturated heterocycles. The lowest BCUT2D eigenvalue weighted by Gasteiger charge is -2.20. The lowest BCUT2D eigenvalue weighted by molar-refractivity contribution is -0.121. The third kappa shape index (κ3) is 5.35. The first-order valence-corrected chi connectivity index (χ1v) is 10.3. The fourth-order valence-electron chi connectivity index (χ4n) is 3.48. The number of oxazole rings is 1. The number of para-hydroxylation sites is 2. The molecule has 6 heteroatoms. The quantitative estimate of drug-likeness (QED) is 0.570. The highest BCUT2D eigenvalue weighted by molar-refractivity contribution is 5.76. The van der Waals surface area contributed by atoms with E-state index in [1.165, 1.54) is 5.56 Å². The van der Waals surface area contributed by atoms with Gasteiger partial charge in [-0.15, -0.1) is 0 Å². The Hall–Kier alpha value is -2.86. The van der Waals surface area contributed by atoms with E-state index < -0.39 is 0 Å². The maximum Gasteiger partial charge on any atom is 0.419 e. The molecule has 0 bridgehead atoms. The zero-order valence-corrected chi connectivity index (χ0v) is 17.2. The minimum absolute atomic E-state index is 0.0107. The van der Waals surface area contributed by atoms with Crippen molar-refractivity contribution in [2.75, 3.05) is 13.1 Å². The largest absolute Gasteiger partial charge is 0.419 e. The molecule has 0 aliphatic carbocycles. The molecule has 0 fully saturated rings. The summed E-state index contributed by atoms with van der Waals surface area (Å²) in [5.41, 5.74) is 3.73. The second-order valence-electron chi connectivity index (χ2n) is 7.10. The van der Waals surface area contributed by atoms with Crippen LogP contribution in [0.4, 0.5) is 0 Å². The molecule has 6 nitrogen and oxygen atoms in total. The third-order valence-corrected chi connectivity index (χ3v) is 5.24. The molecule has 0 radical (unpaired) electrons. The molecule has 0 aliphatic rings. The van der Waals surface area contributed by atoms with Crippen molar-refractivity contribution < 1.29 is 9.21 Å². The lowest BCUT2D eigenvalue weighted by Crippen LogP contribution is -2.26. The van der Waals surface area contributed by atoms with Crippen LogP contribution in [0, 0.1) is 0 Å². The van der Waals surface area contributed by atoms with E-state index in [1.807, 2.05) is 30.3 Å². The number of carbonyl (C=O) groups excluding carboxylic acids is 1. The highest BCUT2D eigenvalue weighted by atomic mass is 16.4. The predicted molar refractivity (Wildman–Crippen MR) is 115 cm³/mol. The molecule has 0 spiro atoms. The summed E-state index contributed by atoms with van der Waals surface area (Å²) in [6, 6.07) is 15.6. The van der Waals surface area contributed by atoms with Crippen LogP contribution in [0.2, 0.25) is 0 Å². The molecular formula is C23H29N3O3. The van der Waals surface area contributed by atoms with E-state index in [1.54, 1.807) is 10.6 Å². The van der Waals surface area contributed by atoms with Gasteiger partial charge in [0.05, 0.1) is 5.52 Å². The van der Waals surface area contributed by atoms with Gasteiger partial charge in [-0.3, -0.25) is 14.3 Å². The Balaban J connectivity index is 1.52. The number of hydrogen-bond donors (Lipinski definition) is 1. The molecule has 3 aromatic rings. The number of hydrogen-bond acceptors (Lipinski definition) is 4. The maximum absolute atomic E-state index is 12.3. The van der Waals surface area contributed by atoms with Gasteiger partial charge in [-0.25, -0.2) is 4.79 Å². The van der Waals surface area contributed by atoms with Crippen molar-refractivity contribution in [3.63, 3.8) is 0 Å². The van der Waals surface area contributed by atoms with Crippen LogP contribution in [0.15, 0.2) is 57.7 Å². The van der Waals surface area contributed by atoms with E-state index >= 15 is 0 Å². The predicted octanol–water partition coefficient (Wildman–Crippen LogP) is 3.53. The Labute approximate surface area is 171 Å². The molecule has 1 aromatic heterocycles. The van der Waals surface area contributed by atoms with Gasteiger partial charge in [-0.2, -0.15) is 0 Å². The van der Waals surface area contributed by atoms with Crippen molar-refractivity contribution in [1.29, 1.82) is 0 Å². The standard InChI is InChI=1S/C23H29N3O3/c1-3-25(4-2)17-19-11-6-5-10-18(19)16-24-22(27)14-9-15-26-20-12-7-8-13-21(20)29-23(26)28/h5-8,10-13H,3-4,9,14-17H2,1-2H3,(H,24,27). The van der Waals surface area contributed by atoms with Crippen LogP contribution in [0.1, 0.15) is 37.8 Å². The third-order valence-electron chi connectivity index (χ3n) is 5.24. The second kappa shape index (κ2) is 10.1. The molecule has 0 aliphatic heterocycles. The number of nitrogens with zero attached hydrogens (tertiary/aromatic N) is 2. The van der Waals surface area contributed by atoms with Crippen LogP contribution in [0.5, 0.6) is 0 Å². The van der Waals surface area contributed by atoms with Crippen molar-refractivity contribution in [2.45, 2.75) is 46.3 Å². The number of rotatable bonds is 10. The Morgan fingerprint density at radius 2 is 1.72 bits per heavy atom. The molecule has 2 aromatic carbocycles. The van der Waals surface area contributed by atoms with E-state index in [2.05, 4.69) is 36.2 Å². The average molecular weight is 396 g/mol. The van der Waals surface area contributed by atoms with E-state index in [4.69, 9.17) is 4.42 Å². The first kappa shape index (κ1) is 20.9. The lowest BCUT2D eigenvalue weighted by atomic mass is 10.1. The average Bonchev–Trinajstić information content (AvgIpc) is 3.06. The van der Waals surface area contributed by atoms with Gasteiger partial charge in [-0.05, 0) is 42.8 Å². The molecule has 0 atom stereocenters. The van der Waals surface area contributed by atoms with Crippen LogP contribution < -0.4 is 11.1 Å². The van der Waals surface area contributed by atoms with Gasteiger partial charge in [0, 0.05) is 26.1 Å². The fraction of sp³-hybridized carbons (Fsp3) is 0.391. The first-order chi connectivity index (χ1) is 14.1. The van der Waals surface area contributed by atoms with Gasteiger partial charge >= 0.3 is 5.76 Å².